The van der Waals surface area contributed by atoms with Crippen LogP contribution in [0.25, 0.3) is 22.6 Å². The number of pyridine rings is 1. The zero-order valence-electron chi connectivity index (χ0n) is 14.7. The van der Waals surface area contributed by atoms with Gasteiger partial charge in [0.1, 0.15) is 11.7 Å². The van der Waals surface area contributed by atoms with Crippen LogP contribution in [0, 0.1) is 0 Å². The third kappa shape index (κ3) is 3.62. The maximum absolute atomic E-state index is 12.8. The van der Waals surface area contributed by atoms with Crippen molar-refractivity contribution in [2.45, 2.75) is 12.5 Å². The van der Waals surface area contributed by atoms with Crippen LogP contribution in [0.1, 0.15) is 16.1 Å². The van der Waals surface area contributed by atoms with Crippen LogP contribution < -0.4 is 11.1 Å². The number of furan rings is 2. The molecule has 0 bridgehead atoms. The molecule has 0 fully saturated rings. The van der Waals surface area contributed by atoms with Gasteiger partial charge in [-0.2, -0.15) is 8.75 Å². The largest absolute Gasteiger partial charge is 0.461 e. The van der Waals surface area contributed by atoms with Gasteiger partial charge in [-0.1, -0.05) is 6.07 Å². The molecular weight excluding hydrogens is 398 g/mol. The average Bonchev–Trinajstić information content (AvgIpc) is 3.45. The van der Waals surface area contributed by atoms with Crippen LogP contribution >= 0.6 is 11.7 Å². The van der Waals surface area contributed by atoms with Crippen LogP contribution in [0.3, 0.4) is 0 Å². The third-order valence-electron chi connectivity index (χ3n) is 4.15. The summed E-state index contributed by atoms with van der Waals surface area (Å²) in [6, 6.07) is 5.53. The van der Waals surface area contributed by atoms with E-state index in [1.807, 2.05) is 0 Å². The Morgan fingerprint density at radius 1 is 1.17 bits per heavy atom. The molecule has 0 aromatic carbocycles. The third-order valence-corrected chi connectivity index (χ3v) is 4.68. The van der Waals surface area contributed by atoms with Crippen molar-refractivity contribution < 1.29 is 23.2 Å². The number of nitrogens with two attached hydrogens (primary N) is 1. The molecule has 11 heteroatoms. The molecule has 4 heterocycles. The number of amides is 2. The predicted octanol–water partition coefficient (Wildman–Crippen LogP) is 1.33. The normalized spacial score (nSPS) is 12.0. The first-order valence-electron chi connectivity index (χ1n) is 8.36. The fraction of sp³-hybridized carbons (Fsp3) is 0.111. The molecule has 146 valence electrons. The molecule has 0 saturated heterocycles. The van der Waals surface area contributed by atoms with E-state index in [0.717, 1.165) is 11.7 Å². The minimum absolute atomic E-state index is 0.00805. The summed E-state index contributed by atoms with van der Waals surface area (Å²) in [4.78, 5) is 40.7. The summed E-state index contributed by atoms with van der Waals surface area (Å²) in [5, 5.41) is 2.51. The van der Waals surface area contributed by atoms with Crippen LogP contribution in [0.5, 0.6) is 0 Å². The Bertz CT molecular complexity index is 1200. The van der Waals surface area contributed by atoms with Gasteiger partial charge in [-0.3, -0.25) is 19.4 Å². The van der Waals surface area contributed by atoms with Crippen molar-refractivity contribution in [3.05, 3.63) is 54.2 Å². The quantitative estimate of drug-likeness (QED) is 0.432. The number of rotatable bonds is 7. The molecule has 10 nitrogen and oxygen atoms in total. The van der Waals surface area contributed by atoms with Crippen LogP contribution in [0.2, 0.25) is 0 Å². The Morgan fingerprint density at radius 3 is 2.79 bits per heavy atom. The molecule has 0 radical (unpaired) electrons. The topological polar surface area (TPSA) is 154 Å². The lowest BCUT2D eigenvalue weighted by atomic mass is 10.0. The lowest BCUT2D eigenvalue weighted by Gasteiger charge is -2.15. The zero-order valence-corrected chi connectivity index (χ0v) is 15.5. The molecule has 1 atom stereocenters. The van der Waals surface area contributed by atoms with Crippen molar-refractivity contribution >= 4 is 40.5 Å². The molecule has 2 amide bonds. The second-order valence-corrected chi connectivity index (χ2v) is 6.54. The lowest BCUT2D eigenvalue weighted by molar-refractivity contribution is -0.137. The fourth-order valence-electron chi connectivity index (χ4n) is 2.79. The Morgan fingerprint density at radius 2 is 2.03 bits per heavy atom. The van der Waals surface area contributed by atoms with E-state index in [4.69, 9.17) is 14.6 Å². The number of carbonyl (C=O) groups excluding carboxylic acids is 3. The molecule has 29 heavy (non-hydrogen) atoms. The molecule has 0 saturated carbocycles. The van der Waals surface area contributed by atoms with Gasteiger partial charge in [0.15, 0.2) is 16.9 Å². The minimum atomic E-state index is -1.23. The van der Waals surface area contributed by atoms with Crippen LogP contribution in [-0.2, 0) is 16.0 Å². The van der Waals surface area contributed by atoms with E-state index in [1.165, 1.54) is 12.5 Å². The highest BCUT2D eigenvalue weighted by molar-refractivity contribution is 6.99. The van der Waals surface area contributed by atoms with Crippen molar-refractivity contribution in [1.82, 2.24) is 19.0 Å². The molecule has 1 unspecified atom stereocenters. The van der Waals surface area contributed by atoms with E-state index < -0.39 is 23.6 Å². The molecule has 0 aliphatic rings. The second-order valence-electron chi connectivity index (χ2n) is 6.01. The number of hydrogen-bond donors (Lipinski definition) is 2. The highest BCUT2D eigenvalue weighted by Crippen LogP contribution is 2.24. The molecule has 0 aliphatic heterocycles. The minimum Gasteiger partial charge on any atom is -0.461 e. The molecule has 4 aromatic rings. The summed E-state index contributed by atoms with van der Waals surface area (Å²) in [6.45, 7) is 0. The smallest absolute Gasteiger partial charge is 0.287 e. The van der Waals surface area contributed by atoms with E-state index in [-0.39, 0.29) is 17.8 Å². The second kappa shape index (κ2) is 7.64. The Balaban J connectivity index is 1.61. The van der Waals surface area contributed by atoms with E-state index in [2.05, 4.69) is 19.0 Å². The van der Waals surface area contributed by atoms with E-state index in [1.54, 1.807) is 30.5 Å². The van der Waals surface area contributed by atoms with Crippen LogP contribution in [0.4, 0.5) is 0 Å². The summed E-state index contributed by atoms with van der Waals surface area (Å²) >= 11 is 0.832. The number of Topliss-reactive ketones (excluding diaryl/α,β-unsaturated/α-hetero) is 1. The number of hydrogen-bond acceptors (Lipinski definition) is 9. The number of nitrogens with zero attached hydrogens (tertiary/aromatic N) is 3. The summed E-state index contributed by atoms with van der Waals surface area (Å²) < 4.78 is 18.8. The summed E-state index contributed by atoms with van der Waals surface area (Å²) in [6.07, 6.45) is 4.33. The Labute approximate surface area is 167 Å². The summed E-state index contributed by atoms with van der Waals surface area (Å²) in [7, 11) is 0. The maximum atomic E-state index is 12.8. The van der Waals surface area contributed by atoms with Gasteiger partial charge in [-0.25, -0.2) is 0 Å². The van der Waals surface area contributed by atoms with Crippen molar-refractivity contribution in [2.24, 2.45) is 5.73 Å². The van der Waals surface area contributed by atoms with Gasteiger partial charge in [-0.15, -0.1) is 0 Å². The maximum Gasteiger partial charge on any atom is 0.287 e. The number of fused-ring (bicyclic) bond motifs is 1. The van der Waals surface area contributed by atoms with Gasteiger partial charge < -0.3 is 19.9 Å². The molecule has 0 aliphatic carbocycles. The van der Waals surface area contributed by atoms with Gasteiger partial charge >= 0.3 is 0 Å². The fourth-order valence-corrected chi connectivity index (χ4v) is 3.34. The highest BCUT2D eigenvalue weighted by atomic mass is 32.1. The molecular formula is C18H13N5O5S. The number of primary amides is 1. The molecule has 4 rings (SSSR count). The summed E-state index contributed by atoms with van der Waals surface area (Å²) in [5.74, 6) is -2.81. The number of nitrogens with one attached hydrogen (secondary N) is 1. The number of carbonyl (C=O) groups is 3. The Hall–Kier alpha value is -3.86. The SMILES string of the molecule is NC(=O)C(=O)C(Cc1coc2ccoc12)NC(=O)c1nsnc1-c1ccccn1. The van der Waals surface area contributed by atoms with E-state index >= 15 is 0 Å². The van der Waals surface area contributed by atoms with E-state index in [9.17, 15) is 14.4 Å². The van der Waals surface area contributed by atoms with Gasteiger partial charge in [0, 0.05) is 24.2 Å². The van der Waals surface area contributed by atoms with Gasteiger partial charge in [0.2, 0.25) is 5.78 Å². The average molecular weight is 411 g/mol. The van der Waals surface area contributed by atoms with Crippen molar-refractivity contribution in [3.63, 3.8) is 0 Å². The Kier molecular flexibility index (Phi) is 4.87. The van der Waals surface area contributed by atoms with Crippen molar-refractivity contribution in [1.29, 1.82) is 0 Å². The molecule has 3 N–H and O–H groups in total. The lowest BCUT2D eigenvalue weighted by Crippen LogP contribution is -2.47. The van der Waals surface area contributed by atoms with Crippen molar-refractivity contribution in [3.8, 4) is 11.4 Å². The summed E-state index contributed by atoms with van der Waals surface area (Å²) in [5.41, 5.74) is 7.28. The monoisotopic (exact) mass is 411 g/mol. The number of aromatic nitrogens is 3. The zero-order chi connectivity index (χ0) is 20.4. The van der Waals surface area contributed by atoms with Crippen LogP contribution in [0.15, 0.2) is 51.8 Å². The molecule has 4 aromatic heterocycles. The van der Waals surface area contributed by atoms with Gasteiger partial charge in [0.05, 0.1) is 29.9 Å². The van der Waals surface area contributed by atoms with Crippen molar-refractivity contribution in [2.75, 3.05) is 0 Å². The standard InChI is InChI=1S/C18H13N5O5S/c19-17(25)15(24)11(7-9-8-28-12-4-6-27-16(9)12)21-18(26)14-13(22-29-23-14)10-3-1-2-5-20-10/h1-6,8,11H,7H2,(H2,19,25)(H,21,26). The molecule has 0 spiro atoms. The first-order valence-corrected chi connectivity index (χ1v) is 9.09. The van der Waals surface area contributed by atoms with Gasteiger partial charge in [0.25, 0.3) is 11.8 Å². The highest BCUT2D eigenvalue weighted by Gasteiger charge is 2.29. The van der Waals surface area contributed by atoms with E-state index in [0.29, 0.717) is 22.4 Å². The van der Waals surface area contributed by atoms with Gasteiger partial charge in [-0.05, 0) is 12.1 Å². The van der Waals surface area contributed by atoms with Crippen LogP contribution in [-0.4, -0.2) is 37.4 Å². The first-order chi connectivity index (χ1) is 14.0. The predicted molar refractivity (Wildman–Crippen MR) is 101 cm³/mol. The first kappa shape index (κ1) is 18.5. The number of ketones is 1.